The van der Waals surface area contributed by atoms with E-state index in [1.54, 1.807) is 13.2 Å². The maximum Gasteiger partial charge on any atom is 0.255 e. The number of halogens is 1. The number of anilines is 1. The SMILES string of the molecule is CCNc1cc(C(=O)N(CCO)CCOC)c(Cl)cn1. The third-order valence-corrected chi connectivity index (χ3v) is 2.97. The number of hydrogen-bond acceptors (Lipinski definition) is 5. The lowest BCUT2D eigenvalue weighted by Gasteiger charge is -2.22. The highest BCUT2D eigenvalue weighted by Gasteiger charge is 2.18. The van der Waals surface area contributed by atoms with Gasteiger partial charge in [-0.05, 0) is 13.0 Å². The summed E-state index contributed by atoms with van der Waals surface area (Å²) in [4.78, 5) is 18.0. The van der Waals surface area contributed by atoms with Gasteiger partial charge in [-0.15, -0.1) is 0 Å². The molecular formula is C13H20ClN3O3. The highest BCUT2D eigenvalue weighted by atomic mass is 35.5. The molecule has 0 radical (unpaired) electrons. The van der Waals surface area contributed by atoms with Crippen molar-refractivity contribution in [2.45, 2.75) is 6.92 Å². The number of carbonyl (C=O) groups is 1. The molecule has 0 saturated carbocycles. The summed E-state index contributed by atoms with van der Waals surface area (Å²) in [5, 5.41) is 12.4. The standard InChI is InChI=1S/C13H20ClN3O3/c1-3-15-12-8-10(11(14)9-16-12)13(19)17(4-6-18)5-7-20-2/h8-9,18H,3-7H2,1-2H3,(H,15,16). The molecule has 0 aliphatic heterocycles. The van der Waals surface area contributed by atoms with Crippen molar-refractivity contribution in [3.05, 3.63) is 22.8 Å². The van der Waals surface area contributed by atoms with Crippen molar-refractivity contribution in [1.82, 2.24) is 9.88 Å². The summed E-state index contributed by atoms with van der Waals surface area (Å²) in [5.41, 5.74) is 0.363. The van der Waals surface area contributed by atoms with Gasteiger partial charge in [-0.1, -0.05) is 11.6 Å². The predicted octanol–water partition coefficient (Wildman–Crippen LogP) is 1.25. The molecule has 1 amide bonds. The van der Waals surface area contributed by atoms with Gasteiger partial charge in [0.05, 0.1) is 23.8 Å². The van der Waals surface area contributed by atoms with Crippen molar-refractivity contribution >= 4 is 23.3 Å². The fourth-order valence-electron chi connectivity index (χ4n) is 1.69. The normalized spacial score (nSPS) is 10.4. The maximum absolute atomic E-state index is 12.4. The van der Waals surface area contributed by atoms with Crippen LogP contribution in [0.4, 0.5) is 5.82 Å². The van der Waals surface area contributed by atoms with Gasteiger partial charge in [-0.25, -0.2) is 4.98 Å². The summed E-state index contributed by atoms with van der Waals surface area (Å²) >= 11 is 6.04. The molecule has 0 fully saturated rings. The summed E-state index contributed by atoms with van der Waals surface area (Å²) in [7, 11) is 1.56. The van der Waals surface area contributed by atoms with Gasteiger partial charge in [0.25, 0.3) is 5.91 Å². The van der Waals surface area contributed by atoms with Crippen LogP contribution in [0.15, 0.2) is 12.3 Å². The number of carbonyl (C=O) groups excluding carboxylic acids is 1. The Labute approximate surface area is 123 Å². The molecular weight excluding hydrogens is 282 g/mol. The number of rotatable bonds is 8. The van der Waals surface area contributed by atoms with Crippen molar-refractivity contribution in [1.29, 1.82) is 0 Å². The number of amides is 1. The molecule has 0 unspecified atom stereocenters. The van der Waals surface area contributed by atoms with E-state index in [-0.39, 0.29) is 24.1 Å². The molecule has 1 rings (SSSR count). The van der Waals surface area contributed by atoms with Crippen LogP contribution in [0.5, 0.6) is 0 Å². The van der Waals surface area contributed by atoms with E-state index in [1.165, 1.54) is 11.1 Å². The van der Waals surface area contributed by atoms with Crippen LogP contribution in [0, 0.1) is 0 Å². The molecule has 2 N–H and O–H groups in total. The van der Waals surface area contributed by atoms with Gasteiger partial charge in [0.1, 0.15) is 5.82 Å². The lowest BCUT2D eigenvalue weighted by atomic mass is 10.2. The zero-order valence-electron chi connectivity index (χ0n) is 11.7. The lowest BCUT2D eigenvalue weighted by molar-refractivity contribution is 0.0656. The summed E-state index contributed by atoms with van der Waals surface area (Å²) in [6, 6.07) is 1.62. The van der Waals surface area contributed by atoms with E-state index in [9.17, 15) is 4.79 Å². The Kier molecular flexibility index (Phi) is 7.28. The van der Waals surface area contributed by atoms with E-state index in [4.69, 9.17) is 21.4 Å². The Morgan fingerprint density at radius 3 is 2.90 bits per heavy atom. The number of aromatic nitrogens is 1. The number of nitrogens with zero attached hydrogens (tertiary/aromatic N) is 2. The number of aliphatic hydroxyl groups excluding tert-OH is 1. The van der Waals surface area contributed by atoms with Crippen molar-refractivity contribution in [3.63, 3.8) is 0 Å². The highest BCUT2D eigenvalue weighted by molar-refractivity contribution is 6.33. The number of ether oxygens (including phenoxy) is 1. The minimum atomic E-state index is -0.248. The lowest BCUT2D eigenvalue weighted by Crippen LogP contribution is -2.36. The average Bonchev–Trinajstić information content (AvgIpc) is 2.45. The second-order valence-corrected chi connectivity index (χ2v) is 4.50. The largest absolute Gasteiger partial charge is 0.395 e. The molecule has 1 aromatic rings. The molecule has 0 atom stereocenters. The fraction of sp³-hybridized carbons (Fsp3) is 0.538. The molecule has 6 nitrogen and oxygen atoms in total. The quantitative estimate of drug-likeness (QED) is 0.756. The van der Waals surface area contributed by atoms with E-state index < -0.39 is 0 Å². The van der Waals surface area contributed by atoms with Gasteiger partial charge in [0, 0.05) is 32.9 Å². The second kappa shape index (κ2) is 8.73. The molecule has 1 heterocycles. The molecule has 0 spiro atoms. The van der Waals surface area contributed by atoms with E-state index >= 15 is 0 Å². The van der Waals surface area contributed by atoms with Crippen LogP contribution in [0.25, 0.3) is 0 Å². The third kappa shape index (κ3) is 4.63. The van der Waals surface area contributed by atoms with Crippen LogP contribution in [0.2, 0.25) is 5.02 Å². The topological polar surface area (TPSA) is 74.7 Å². The Hall–Kier alpha value is -1.37. The van der Waals surface area contributed by atoms with Crippen molar-refractivity contribution in [2.24, 2.45) is 0 Å². The van der Waals surface area contributed by atoms with Gasteiger partial charge in [-0.2, -0.15) is 0 Å². The van der Waals surface area contributed by atoms with Gasteiger partial charge in [0.2, 0.25) is 0 Å². The van der Waals surface area contributed by atoms with Crippen molar-refractivity contribution in [2.75, 3.05) is 45.3 Å². The van der Waals surface area contributed by atoms with Gasteiger partial charge >= 0.3 is 0 Å². The Morgan fingerprint density at radius 2 is 2.30 bits per heavy atom. The minimum absolute atomic E-state index is 0.113. The smallest absolute Gasteiger partial charge is 0.255 e. The zero-order chi connectivity index (χ0) is 15.0. The van der Waals surface area contributed by atoms with Crippen LogP contribution in [-0.2, 0) is 4.74 Å². The zero-order valence-corrected chi connectivity index (χ0v) is 12.5. The average molecular weight is 302 g/mol. The molecule has 112 valence electrons. The molecule has 0 bridgehead atoms. The summed E-state index contributed by atoms with van der Waals surface area (Å²) in [5.74, 6) is 0.346. The van der Waals surface area contributed by atoms with Crippen molar-refractivity contribution < 1.29 is 14.6 Å². The molecule has 7 heteroatoms. The maximum atomic E-state index is 12.4. The molecule has 0 aromatic carbocycles. The summed E-state index contributed by atoms with van der Waals surface area (Å²) in [6.07, 6.45) is 1.44. The first-order chi connectivity index (χ1) is 9.63. The first-order valence-corrected chi connectivity index (χ1v) is 6.80. The predicted molar refractivity (Wildman–Crippen MR) is 78.3 cm³/mol. The molecule has 1 aromatic heterocycles. The molecule has 0 aliphatic rings. The first-order valence-electron chi connectivity index (χ1n) is 6.42. The second-order valence-electron chi connectivity index (χ2n) is 4.09. The number of nitrogens with one attached hydrogen (secondary N) is 1. The fourth-order valence-corrected chi connectivity index (χ4v) is 1.87. The van der Waals surface area contributed by atoms with Gasteiger partial charge in [0.15, 0.2) is 0 Å². The Morgan fingerprint density at radius 1 is 1.55 bits per heavy atom. The third-order valence-electron chi connectivity index (χ3n) is 2.67. The summed E-state index contributed by atoms with van der Waals surface area (Å²) in [6.45, 7) is 3.55. The van der Waals surface area contributed by atoms with E-state index in [1.807, 2.05) is 6.92 Å². The van der Waals surface area contributed by atoms with Crippen LogP contribution in [-0.4, -0.2) is 60.9 Å². The van der Waals surface area contributed by atoms with Crippen LogP contribution in [0.1, 0.15) is 17.3 Å². The van der Waals surface area contributed by atoms with E-state index in [2.05, 4.69) is 10.3 Å². The molecule has 0 aliphatic carbocycles. The Bertz CT molecular complexity index is 443. The minimum Gasteiger partial charge on any atom is -0.395 e. The van der Waals surface area contributed by atoms with Gasteiger partial charge in [-0.3, -0.25) is 4.79 Å². The number of aliphatic hydroxyl groups is 1. The van der Waals surface area contributed by atoms with Crippen LogP contribution in [0.3, 0.4) is 0 Å². The molecule has 20 heavy (non-hydrogen) atoms. The number of methoxy groups -OCH3 is 1. The monoisotopic (exact) mass is 301 g/mol. The van der Waals surface area contributed by atoms with E-state index in [0.29, 0.717) is 31.1 Å². The van der Waals surface area contributed by atoms with Crippen LogP contribution >= 0.6 is 11.6 Å². The number of pyridine rings is 1. The number of hydrogen-bond donors (Lipinski definition) is 2. The van der Waals surface area contributed by atoms with Crippen LogP contribution < -0.4 is 5.32 Å². The first kappa shape index (κ1) is 16.7. The van der Waals surface area contributed by atoms with Crippen molar-refractivity contribution in [3.8, 4) is 0 Å². The van der Waals surface area contributed by atoms with E-state index in [0.717, 1.165) is 0 Å². The summed E-state index contributed by atoms with van der Waals surface area (Å²) < 4.78 is 4.96. The van der Waals surface area contributed by atoms with Gasteiger partial charge < -0.3 is 20.1 Å². The Balaban J connectivity index is 2.94. The molecule has 0 saturated heterocycles. The highest BCUT2D eigenvalue weighted by Crippen LogP contribution is 2.19.